The molecule has 8 heteroatoms. The molecule has 0 unspecified atom stereocenters. The number of nitrogens with zero attached hydrogens (tertiary/aromatic N) is 6. The van der Waals surface area contributed by atoms with E-state index < -0.39 is 0 Å². The molecule has 6 rings (SSSR count). The van der Waals surface area contributed by atoms with Crippen LogP contribution < -0.4 is 20.0 Å². The summed E-state index contributed by atoms with van der Waals surface area (Å²) in [6.07, 6.45) is 7.52. The lowest BCUT2D eigenvalue weighted by Crippen LogP contribution is -2.44. The minimum atomic E-state index is 0.313. The monoisotopic (exact) mass is 611 g/mol. The van der Waals surface area contributed by atoms with E-state index in [0.717, 1.165) is 95.7 Å². The summed E-state index contributed by atoms with van der Waals surface area (Å²) in [7, 11) is 0. The Balaban J connectivity index is 1.25. The third-order valence-corrected chi connectivity index (χ3v) is 9.84. The average molecular weight is 612 g/mol. The van der Waals surface area contributed by atoms with Crippen molar-refractivity contribution in [3.05, 3.63) is 70.7 Å². The first-order chi connectivity index (χ1) is 22.0. The molecule has 0 aliphatic carbocycles. The van der Waals surface area contributed by atoms with Crippen LogP contribution in [0.1, 0.15) is 92.8 Å². The standard InChI is InChI=1S/C37H53N7O/c1-27(2)32-12-10-30(40-36(32)44-21-23-45-24-22-44)26-29(4)34-13-11-31(41-37(34)42-17-6-5-7-18-42)25-28(3)33-9-8-14-39-35(33)43-19-15-38-16-20-43/h8-14,27-29,38H,5-7,15-26H2,1-4H3/t28-,29-/m0/s1. The van der Waals surface area contributed by atoms with Gasteiger partial charge in [0.05, 0.1) is 13.2 Å². The molecule has 3 aliphatic heterocycles. The van der Waals surface area contributed by atoms with E-state index in [4.69, 9.17) is 19.7 Å². The van der Waals surface area contributed by atoms with Gasteiger partial charge in [0.25, 0.3) is 0 Å². The second kappa shape index (κ2) is 14.9. The third-order valence-electron chi connectivity index (χ3n) is 9.84. The van der Waals surface area contributed by atoms with Gasteiger partial charge in [-0.15, -0.1) is 0 Å². The van der Waals surface area contributed by atoms with Crippen LogP contribution in [0.25, 0.3) is 0 Å². The van der Waals surface area contributed by atoms with E-state index in [1.165, 1.54) is 47.5 Å². The Morgan fingerprint density at radius 1 is 0.644 bits per heavy atom. The maximum absolute atomic E-state index is 5.65. The quantitative estimate of drug-likeness (QED) is 0.303. The number of morpholine rings is 1. The molecule has 2 atom stereocenters. The molecule has 8 nitrogen and oxygen atoms in total. The van der Waals surface area contributed by atoms with Crippen LogP contribution in [0.2, 0.25) is 0 Å². The summed E-state index contributed by atoms with van der Waals surface area (Å²) in [6.45, 7) is 18.8. The first-order valence-corrected chi connectivity index (χ1v) is 17.5. The van der Waals surface area contributed by atoms with Crippen molar-refractivity contribution in [1.29, 1.82) is 0 Å². The minimum absolute atomic E-state index is 0.313. The fourth-order valence-electron chi connectivity index (χ4n) is 7.23. The van der Waals surface area contributed by atoms with E-state index in [2.05, 4.69) is 84.1 Å². The normalized spacial score (nSPS) is 19.2. The van der Waals surface area contributed by atoms with E-state index in [1.807, 2.05) is 6.20 Å². The molecule has 6 heterocycles. The molecule has 1 N–H and O–H groups in total. The van der Waals surface area contributed by atoms with Gasteiger partial charge in [0.1, 0.15) is 17.5 Å². The molecule has 3 aliphatic rings. The van der Waals surface area contributed by atoms with Crippen LogP contribution in [0, 0.1) is 0 Å². The second-order valence-corrected chi connectivity index (χ2v) is 13.6. The summed E-state index contributed by atoms with van der Waals surface area (Å²) < 4.78 is 5.65. The van der Waals surface area contributed by atoms with E-state index in [9.17, 15) is 0 Å². The molecule has 3 aromatic heterocycles. The SMILES string of the molecule is CC(C)c1ccc(C[C@H](C)c2ccc(C[C@H](C)c3cccnc3N3CCNCC3)nc2N2CCCCC2)nc1N1CCOCC1. The molecule has 3 saturated heterocycles. The molecule has 0 aromatic carbocycles. The van der Waals surface area contributed by atoms with Crippen LogP contribution in [-0.2, 0) is 17.6 Å². The van der Waals surface area contributed by atoms with Crippen LogP contribution in [0.5, 0.6) is 0 Å². The fraction of sp³-hybridized carbons (Fsp3) is 0.595. The Bertz CT molecular complexity index is 1390. The minimum Gasteiger partial charge on any atom is -0.378 e. The predicted molar refractivity (Wildman–Crippen MR) is 185 cm³/mol. The number of anilines is 3. The Kier molecular flexibility index (Phi) is 10.5. The number of aromatic nitrogens is 3. The van der Waals surface area contributed by atoms with Crippen molar-refractivity contribution in [2.75, 3.05) is 80.3 Å². The summed E-state index contributed by atoms with van der Waals surface area (Å²) in [6, 6.07) is 13.6. The van der Waals surface area contributed by atoms with Gasteiger partial charge in [-0.1, -0.05) is 45.9 Å². The summed E-state index contributed by atoms with van der Waals surface area (Å²) in [4.78, 5) is 23.0. The summed E-state index contributed by atoms with van der Waals surface area (Å²) >= 11 is 0. The number of pyridine rings is 3. The lowest BCUT2D eigenvalue weighted by molar-refractivity contribution is 0.122. The lowest BCUT2D eigenvalue weighted by atomic mass is 9.92. The highest BCUT2D eigenvalue weighted by atomic mass is 16.5. The maximum atomic E-state index is 5.65. The van der Waals surface area contributed by atoms with Crippen LogP contribution in [0.15, 0.2) is 42.6 Å². The van der Waals surface area contributed by atoms with Crippen molar-refractivity contribution >= 4 is 17.5 Å². The van der Waals surface area contributed by atoms with Gasteiger partial charge >= 0.3 is 0 Å². The predicted octanol–water partition coefficient (Wildman–Crippen LogP) is 5.92. The van der Waals surface area contributed by atoms with Crippen molar-refractivity contribution in [3.63, 3.8) is 0 Å². The van der Waals surface area contributed by atoms with E-state index >= 15 is 0 Å². The third kappa shape index (κ3) is 7.60. The van der Waals surface area contributed by atoms with Crippen molar-refractivity contribution in [1.82, 2.24) is 20.3 Å². The lowest BCUT2D eigenvalue weighted by Gasteiger charge is -2.32. The van der Waals surface area contributed by atoms with E-state index in [0.29, 0.717) is 17.8 Å². The largest absolute Gasteiger partial charge is 0.378 e. The van der Waals surface area contributed by atoms with Gasteiger partial charge in [0, 0.05) is 69.9 Å². The zero-order valence-corrected chi connectivity index (χ0v) is 28.0. The topological polar surface area (TPSA) is 69.7 Å². The van der Waals surface area contributed by atoms with Crippen LogP contribution in [0.3, 0.4) is 0 Å². The van der Waals surface area contributed by atoms with E-state index in [1.54, 1.807) is 0 Å². The van der Waals surface area contributed by atoms with Gasteiger partial charge < -0.3 is 24.8 Å². The molecular weight excluding hydrogens is 558 g/mol. The number of ether oxygens (including phenoxy) is 1. The van der Waals surface area contributed by atoms with E-state index in [-0.39, 0.29) is 0 Å². The molecule has 45 heavy (non-hydrogen) atoms. The summed E-state index contributed by atoms with van der Waals surface area (Å²) in [5.41, 5.74) is 6.33. The van der Waals surface area contributed by atoms with Crippen molar-refractivity contribution in [3.8, 4) is 0 Å². The summed E-state index contributed by atoms with van der Waals surface area (Å²) in [5.74, 6) is 4.55. The molecule has 0 spiro atoms. The molecule has 3 fully saturated rings. The average Bonchev–Trinajstić information content (AvgIpc) is 3.09. The Labute approximate surface area is 270 Å². The second-order valence-electron chi connectivity index (χ2n) is 13.6. The highest BCUT2D eigenvalue weighted by Crippen LogP contribution is 2.34. The highest BCUT2D eigenvalue weighted by molar-refractivity contribution is 5.53. The first kappa shape index (κ1) is 31.7. The number of nitrogens with one attached hydrogen (secondary N) is 1. The zero-order valence-electron chi connectivity index (χ0n) is 28.0. The molecule has 0 amide bonds. The van der Waals surface area contributed by atoms with Gasteiger partial charge in [-0.05, 0) is 84.7 Å². The first-order valence-electron chi connectivity index (χ1n) is 17.5. The van der Waals surface area contributed by atoms with Gasteiger partial charge in [-0.25, -0.2) is 15.0 Å². The number of hydrogen-bond donors (Lipinski definition) is 1. The number of piperazine rings is 1. The Hall–Kier alpha value is -3.23. The molecular formula is C37H53N7O. The molecule has 0 bridgehead atoms. The van der Waals surface area contributed by atoms with Crippen LogP contribution >= 0.6 is 0 Å². The Morgan fingerprint density at radius 3 is 1.84 bits per heavy atom. The van der Waals surface area contributed by atoms with Crippen molar-refractivity contribution in [2.24, 2.45) is 0 Å². The number of rotatable bonds is 10. The molecule has 242 valence electrons. The molecule has 3 aromatic rings. The van der Waals surface area contributed by atoms with Crippen LogP contribution in [-0.4, -0.2) is 80.5 Å². The van der Waals surface area contributed by atoms with Gasteiger partial charge in [0.2, 0.25) is 0 Å². The summed E-state index contributed by atoms with van der Waals surface area (Å²) in [5, 5.41) is 3.47. The fourth-order valence-corrected chi connectivity index (χ4v) is 7.23. The molecule has 0 saturated carbocycles. The van der Waals surface area contributed by atoms with Gasteiger partial charge in [0.15, 0.2) is 0 Å². The van der Waals surface area contributed by atoms with Crippen LogP contribution in [0.4, 0.5) is 17.5 Å². The Morgan fingerprint density at radius 2 is 1.20 bits per heavy atom. The van der Waals surface area contributed by atoms with Crippen molar-refractivity contribution in [2.45, 2.75) is 77.6 Å². The maximum Gasteiger partial charge on any atom is 0.132 e. The number of hydrogen-bond acceptors (Lipinski definition) is 8. The van der Waals surface area contributed by atoms with Gasteiger partial charge in [-0.3, -0.25) is 0 Å². The van der Waals surface area contributed by atoms with Gasteiger partial charge in [-0.2, -0.15) is 0 Å². The highest BCUT2D eigenvalue weighted by Gasteiger charge is 2.24. The molecule has 0 radical (unpaired) electrons. The smallest absolute Gasteiger partial charge is 0.132 e. The van der Waals surface area contributed by atoms with Crippen molar-refractivity contribution < 1.29 is 4.74 Å². The number of piperidine rings is 1. The zero-order chi connectivity index (χ0) is 31.2.